The molecule has 0 saturated heterocycles. The van der Waals surface area contributed by atoms with E-state index in [1.54, 1.807) is 0 Å². The number of anilines is 6. The molecule has 0 saturated carbocycles. The molecule has 0 bridgehead atoms. The monoisotopic (exact) mass is 812 g/mol. The van der Waals surface area contributed by atoms with Crippen LogP contribution in [-0.4, -0.2) is 0 Å². The minimum Gasteiger partial charge on any atom is -0.454 e. The second-order valence-electron chi connectivity index (χ2n) is 17.3. The Kier molecular flexibility index (Phi) is 8.17. The number of hydrogen-bond acceptors (Lipinski definition) is 4. The maximum absolute atomic E-state index is 6.89. The van der Waals surface area contributed by atoms with Crippen LogP contribution in [-0.2, 0) is 6.42 Å². The van der Waals surface area contributed by atoms with Crippen molar-refractivity contribution in [2.45, 2.75) is 48.0 Å². The van der Waals surface area contributed by atoms with Gasteiger partial charge in [-0.05, 0) is 122 Å². The topological polar surface area (TPSA) is 32.8 Å². The summed E-state index contributed by atoms with van der Waals surface area (Å²) in [5.74, 6) is 0. The minimum absolute atomic E-state index is 0.862. The van der Waals surface area contributed by atoms with Gasteiger partial charge in [0.05, 0.1) is 28.1 Å². The van der Waals surface area contributed by atoms with E-state index in [9.17, 15) is 0 Å². The highest BCUT2D eigenvalue weighted by Crippen LogP contribution is 2.51. The molecule has 0 fully saturated rings. The molecule has 0 radical (unpaired) electrons. The molecule has 63 heavy (non-hydrogen) atoms. The Morgan fingerprint density at radius 2 is 0.968 bits per heavy atom. The Labute approximate surface area is 366 Å². The summed E-state index contributed by atoms with van der Waals surface area (Å²) in [7, 11) is 0. The summed E-state index contributed by atoms with van der Waals surface area (Å²) in [6.07, 6.45) is 0.873. The highest BCUT2D eigenvalue weighted by Gasteiger charge is 2.27. The predicted molar refractivity (Wildman–Crippen MR) is 265 cm³/mol. The predicted octanol–water partition coefficient (Wildman–Crippen LogP) is 17.0. The third-order valence-electron chi connectivity index (χ3n) is 13.3. The standard InChI is InChI=1S/C59H44N2O2/c1-7-39-23-21-35(3)33-53(39)61(51-19-11-17-45-43-15-9-13-38(6)57(43)63-59(45)51)49-31-27-41-24-28-46-48(30-26-40-25-29-47(49)55(41)54(40)46)60(52-32-34(2)20-22-36(52)4)50-18-10-16-44-42-14-8-12-37(5)56(42)62-58(44)50/h8-24,26-28,30-33H,7H2,1-6H3. The van der Waals surface area contributed by atoms with Crippen molar-refractivity contribution in [1.82, 2.24) is 0 Å². The van der Waals surface area contributed by atoms with Gasteiger partial charge in [-0.25, -0.2) is 0 Å². The summed E-state index contributed by atoms with van der Waals surface area (Å²) in [5, 5.41) is 11.1. The van der Waals surface area contributed by atoms with Crippen LogP contribution in [0, 0.1) is 46.8 Å². The number of benzene rings is 9. The molecule has 2 aromatic heterocycles. The molecule has 0 amide bonds. The van der Waals surface area contributed by atoms with Gasteiger partial charge >= 0.3 is 0 Å². The molecule has 0 aliphatic carbocycles. The molecule has 0 atom stereocenters. The number of nitrogens with zero attached hydrogens (tertiary/aromatic N) is 2. The van der Waals surface area contributed by atoms with E-state index in [1.165, 1.54) is 22.3 Å². The molecule has 302 valence electrons. The van der Waals surface area contributed by atoms with Crippen LogP contribution in [0.25, 0.3) is 76.2 Å². The van der Waals surface area contributed by atoms with E-state index in [0.717, 1.165) is 128 Å². The Morgan fingerprint density at radius 3 is 1.62 bits per heavy atom. The number of hydrogen-bond donors (Lipinski definition) is 0. The Morgan fingerprint density at radius 1 is 0.413 bits per heavy atom. The van der Waals surface area contributed by atoms with E-state index < -0.39 is 0 Å². The van der Waals surface area contributed by atoms with E-state index in [4.69, 9.17) is 8.83 Å². The first-order chi connectivity index (χ1) is 30.8. The van der Waals surface area contributed by atoms with Crippen LogP contribution in [0.5, 0.6) is 0 Å². The minimum atomic E-state index is 0.862. The fourth-order valence-electron chi connectivity index (χ4n) is 10.1. The summed E-state index contributed by atoms with van der Waals surface area (Å²) in [6.45, 7) is 13.0. The van der Waals surface area contributed by atoms with Crippen molar-refractivity contribution >= 4 is 110 Å². The van der Waals surface area contributed by atoms with Crippen LogP contribution in [0.4, 0.5) is 34.1 Å². The molecule has 0 unspecified atom stereocenters. The Balaban J connectivity index is 1.16. The van der Waals surface area contributed by atoms with Crippen molar-refractivity contribution in [3.63, 3.8) is 0 Å². The molecule has 12 aromatic rings. The van der Waals surface area contributed by atoms with Gasteiger partial charge in [0, 0.05) is 54.5 Å². The van der Waals surface area contributed by atoms with Gasteiger partial charge in [-0.2, -0.15) is 0 Å². The van der Waals surface area contributed by atoms with Gasteiger partial charge in [0.15, 0.2) is 11.2 Å². The molecule has 12 rings (SSSR count). The third kappa shape index (κ3) is 5.49. The molecule has 0 spiro atoms. The van der Waals surface area contributed by atoms with Crippen LogP contribution in [0.1, 0.15) is 40.3 Å². The van der Waals surface area contributed by atoms with E-state index >= 15 is 0 Å². The van der Waals surface area contributed by atoms with Gasteiger partial charge in [0.2, 0.25) is 0 Å². The van der Waals surface area contributed by atoms with E-state index in [2.05, 4.69) is 209 Å². The number of fused-ring (bicyclic) bond motifs is 6. The lowest BCUT2D eigenvalue weighted by Crippen LogP contribution is -2.13. The number of rotatable bonds is 7. The molecular weight excluding hydrogens is 769 g/mol. The molecule has 0 N–H and O–H groups in total. The van der Waals surface area contributed by atoms with E-state index in [1.807, 2.05) is 0 Å². The van der Waals surface area contributed by atoms with Gasteiger partial charge in [0.25, 0.3) is 0 Å². The lowest BCUT2D eigenvalue weighted by Gasteiger charge is -2.30. The summed E-state index contributed by atoms with van der Waals surface area (Å²) in [4.78, 5) is 4.82. The van der Waals surface area contributed by atoms with Gasteiger partial charge < -0.3 is 18.6 Å². The molecular formula is C59H44N2O2. The lowest BCUT2D eigenvalue weighted by atomic mass is 9.92. The van der Waals surface area contributed by atoms with Crippen molar-refractivity contribution in [3.8, 4) is 0 Å². The van der Waals surface area contributed by atoms with E-state index in [0.29, 0.717) is 0 Å². The van der Waals surface area contributed by atoms with Crippen LogP contribution >= 0.6 is 0 Å². The maximum Gasteiger partial charge on any atom is 0.159 e. The number of furan rings is 2. The Hall–Kier alpha value is -7.74. The van der Waals surface area contributed by atoms with Crippen LogP contribution in [0.15, 0.2) is 154 Å². The van der Waals surface area contributed by atoms with Crippen LogP contribution in [0.2, 0.25) is 0 Å². The summed E-state index contributed by atoms with van der Waals surface area (Å²) in [5.41, 5.74) is 16.9. The van der Waals surface area contributed by atoms with Crippen molar-refractivity contribution in [2.24, 2.45) is 0 Å². The van der Waals surface area contributed by atoms with Crippen molar-refractivity contribution in [2.75, 3.05) is 9.80 Å². The molecule has 0 aliphatic heterocycles. The zero-order valence-corrected chi connectivity index (χ0v) is 36.3. The first-order valence-electron chi connectivity index (χ1n) is 21.9. The fourth-order valence-corrected chi connectivity index (χ4v) is 10.1. The smallest absolute Gasteiger partial charge is 0.159 e. The van der Waals surface area contributed by atoms with Crippen LogP contribution in [0.3, 0.4) is 0 Å². The molecule has 4 nitrogen and oxygen atoms in total. The summed E-state index contributed by atoms with van der Waals surface area (Å²) in [6, 6.07) is 60.4. The summed E-state index contributed by atoms with van der Waals surface area (Å²) >= 11 is 0. The van der Waals surface area contributed by atoms with Crippen molar-refractivity contribution in [1.29, 1.82) is 0 Å². The molecule has 2 heterocycles. The second kappa shape index (κ2) is 13.9. The zero-order chi connectivity index (χ0) is 42.7. The second-order valence-corrected chi connectivity index (χ2v) is 17.3. The third-order valence-corrected chi connectivity index (χ3v) is 13.3. The summed E-state index contributed by atoms with van der Waals surface area (Å²) < 4.78 is 13.8. The van der Waals surface area contributed by atoms with Gasteiger partial charge in [0.1, 0.15) is 11.2 Å². The quantitative estimate of drug-likeness (QED) is 0.150. The van der Waals surface area contributed by atoms with Gasteiger partial charge in [-0.15, -0.1) is 0 Å². The van der Waals surface area contributed by atoms with Crippen molar-refractivity contribution < 1.29 is 8.83 Å². The van der Waals surface area contributed by atoms with Crippen molar-refractivity contribution in [3.05, 3.63) is 191 Å². The fraction of sp³-hybridized carbons (Fsp3) is 0.119. The van der Waals surface area contributed by atoms with Gasteiger partial charge in [-0.3, -0.25) is 0 Å². The van der Waals surface area contributed by atoms with Crippen LogP contribution < -0.4 is 9.80 Å². The SMILES string of the molecule is CCc1ccc(C)cc1N(c1ccc2ccc3c(N(c4cc(C)ccc4C)c4cccc5c4oc4c(C)cccc45)ccc4c#cc1c2c43)c1cccc2c1oc1c(C)cccc12. The Bertz CT molecular complexity index is 3810. The zero-order valence-electron chi connectivity index (χ0n) is 36.3. The lowest BCUT2D eigenvalue weighted by molar-refractivity contribution is 0.665. The first-order valence-corrected chi connectivity index (χ1v) is 21.9. The largest absolute Gasteiger partial charge is 0.454 e. The molecule has 10 aromatic carbocycles. The number of para-hydroxylation sites is 4. The average molecular weight is 813 g/mol. The molecule has 0 aliphatic rings. The normalized spacial score (nSPS) is 11.9. The maximum atomic E-state index is 6.89. The number of aryl methyl sites for hydroxylation is 6. The molecule has 4 heteroatoms. The highest BCUT2D eigenvalue weighted by molar-refractivity contribution is 6.28. The average Bonchev–Trinajstić information content (AvgIpc) is 3.89. The first kappa shape index (κ1) is 37.1. The highest BCUT2D eigenvalue weighted by atomic mass is 16.3. The van der Waals surface area contributed by atoms with Gasteiger partial charge in [-0.1, -0.05) is 122 Å². The van der Waals surface area contributed by atoms with E-state index in [-0.39, 0.29) is 0 Å².